The van der Waals surface area contributed by atoms with Crippen molar-refractivity contribution in [1.82, 2.24) is 10.3 Å². The monoisotopic (exact) mass is 324 g/mol. The summed E-state index contributed by atoms with van der Waals surface area (Å²) in [5.41, 5.74) is 1.29. The van der Waals surface area contributed by atoms with Gasteiger partial charge in [0, 0.05) is 16.5 Å². The first-order chi connectivity index (χ1) is 10.0. The lowest BCUT2D eigenvalue weighted by atomic mass is 9.87. The van der Waals surface area contributed by atoms with E-state index in [-0.39, 0.29) is 11.9 Å². The van der Waals surface area contributed by atoms with Crippen molar-refractivity contribution in [3.63, 3.8) is 0 Å². The van der Waals surface area contributed by atoms with E-state index in [1.807, 2.05) is 0 Å². The number of amides is 1. The maximum absolute atomic E-state index is 12.3. The van der Waals surface area contributed by atoms with Crippen LogP contribution in [0.3, 0.4) is 0 Å². The molecule has 0 radical (unpaired) electrons. The normalized spacial score (nSPS) is 22.4. The lowest BCUT2D eigenvalue weighted by Gasteiger charge is -2.26. The summed E-state index contributed by atoms with van der Waals surface area (Å²) >= 11 is 12.1. The van der Waals surface area contributed by atoms with E-state index in [1.165, 1.54) is 12.8 Å². The van der Waals surface area contributed by atoms with Crippen LogP contribution in [-0.4, -0.2) is 16.9 Å². The summed E-state index contributed by atoms with van der Waals surface area (Å²) in [4.78, 5) is 15.4. The van der Waals surface area contributed by atoms with E-state index in [0.717, 1.165) is 29.7 Å². The Morgan fingerprint density at radius 2 is 1.90 bits per heavy atom. The van der Waals surface area contributed by atoms with Gasteiger partial charge in [0.1, 0.15) is 5.69 Å². The largest absolute Gasteiger partial charge is 0.349 e. The first-order valence-electron chi connectivity index (χ1n) is 7.31. The number of carbonyl (C=O) groups excluding carboxylic acids is 1. The molecule has 1 aromatic carbocycles. The highest BCUT2D eigenvalue weighted by Gasteiger charge is 2.21. The minimum absolute atomic E-state index is 0.0713. The Labute approximate surface area is 134 Å². The average Bonchev–Trinajstić information content (AvgIpc) is 2.85. The Bertz CT molecular complexity index is 672. The van der Waals surface area contributed by atoms with Crippen molar-refractivity contribution in [3.05, 3.63) is 33.9 Å². The van der Waals surface area contributed by atoms with Crippen LogP contribution in [0.5, 0.6) is 0 Å². The number of rotatable bonds is 2. The number of halogens is 2. The number of aromatic nitrogens is 1. The molecule has 3 nitrogen and oxygen atoms in total. The zero-order valence-electron chi connectivity index (χ0n) is 11.9. The molecule has 1 aliphatic rings. The third-order valence-electron chi connectivity index (χ3n) is 4.24. The molecule has 1 aliphatic carbocycles. The molecule has 1 aromatic heterocycles. The second-order valence-corrected chi connectivity index (χ2v) is 6.81. The molecule has 0 unspecified atom stereocenters. The first-order valence-corrected chi connectivity index (χ1v) is 8.07. The lowest BCUT2D eigenvalue weighted by Crippen LogP contribution is -2.37. The summed E-state index contributed by atoms with van der Waals surface area (Å²) in [6, 6.07) is 5.55. The molecule has 1 fully saturated rings. The second-order valence-electron chi connectivity index (χ2n) is 5.97. The fraction of sp³-hybridized carbons (Fsp3) is 0.438. The Balaban J connectivity index is 1.77. The van der Waals surface area contributed by atoms with Gasteiger partial charge in [-0.2, -0.15) is 0 Å². The molecule has 0 saturated heterocycles. The number of hydrogen-bond acceptors (Lipinski definition) is 1. The summed E-state index contributed by atoms with van der Waals surface area (Å²) in [6.45, 7) is 2.27. The Morgan fingerprint density at radius 1 is 1.19 bits per heavy atom. The van der Waals surface area contributed by atoms with Gasteiger partial charge < -0.3 is 10.3 Å². The quantitative estimate of drug-likeness (QED) is 0.820. The Kier molecular flexibility index (Phi) is 4.14. The molecule has 1 heterocycles. The first kappa shape index (κ1) is 14.7. The van der Waals surface area contributed by atoms with Crippen molar-refractivity contribution in [1.29, 1.82) is 0 Å². The van der Waals surface area contributed by atoms with E-state index in [4.69, 9.17) is 23.2 Å². The Morgan fingerprint density at radius 3 is 2.62 bits per heavy atom. The SMILES string of the molecule is CC1CCC(NC(=O)c2cc3cc(Cl)cc(Cl)c3[nH]2)CC1. The minimum Gasteiger partial charge on any atom is -0.349 e. The van der Waals surface area contributed by atoms with Crippen LogP contribution in [0.25, 0.3) is 10.9 Å². The Hall–Kier alpha value is -1.19. The number of carbonyl (C=O) groups is 1. The zero-order valence-corrected chi connectivity index (χ0v) is 13.4. The van der Waals surface area contributed by atoms with E-state index < -0.39 is 0 Å². The maximum Gasteiger partial charge on any atom is 0.267 e. The van der Waals surface area contributed by atoms with Crippen LogP contribution in [0.1, 0.15) is 43.1 Å². The van der Waals surface area contributed by atoms with Gasteiger partial charge in [0.2, 0.25) is 0 Å². The molecule has 0 atom stereocenters. The minimum atomic E-state index is -0.0713. The predicted octanol–water partition coefficient (Wildman–Crippen LogP) is 4.78. The predicted molar refractivity (Wildman–Crippen MR) is 87.2 cm³/mol. The molecule has 3 rings (SSSR count). The van der Waals surface area contributed by atoms with Crippen molar-refractivity contribution < 1.29 is 4.79 Å². The molecule has 0 bridgehead atoms. The zero-order chi connectivity index (χ0) is 15.0. The van der Waals surface area contributed by atoms with E-state index >= 15 is 0 Å². The molecule has 1 amide bonds. The molecule has 5 heteroatoms. The third kappa shape index (κ3) is 3.19. The van der Waals surface area contributed by atoms with Gasteiger partial charge in [-0.25, -0.2) is 0 Å². The standard InChI is InChI=1S/C16H18Cl2N2O/c1-9-2-4-12(5-3-9)19-16(21)14-7-10-6-11(17)8-13(18)15(10)20-14/h6-9,12,20H,2-5H2,1H3,(H,19,21). The van der Waals surface area contributed by atoms with Crippen LogP contribution >= 0.6 is 23.2 Å². The molecule has 2 aromatic rings. The van der Waals surface area contributed by atoms with Gasteiger partial charge in [-0.1, -0.05) is 30.1 Å². The number of benzene rings is 1. The van der Waals surface area contributed by atoms with Gasteiger partial charge in [-0.15, -0.1) is 0 Å². The topological polar surface area (TPSA) is 44.9 Å². The van der Waals surface area contributed by atoms with Gasteiger partial charge in [0.15, 0.2) is 0 Å². The number of hydrogen-bond donors (Lipinski definition) is 2. The van der Waals surface area contributed by atoms with Gasteiger partial charge in [0.25, 0.3) is 5.91 Å². The van der Waals surface area contributed by atoms with Gasteiger partial charge >= 0.3 is 0 Å². The van der Waals surface area contributed by atoms with Gasteiger partial charge in [-0.05, 0) is 49.8 Å². The number of H-pyrrole nitrogens is 1. The van der Waals surface area contributed by atoms with E-state index in [2.05, 4.69) is 17.2 Å². The van der Waals surface area contributed by atoms with Crippen LogP contribution in [0.15, 0.2) is 18.2 Å². The summed E-state index contributed by atoms with van der Waals surface area (Å²) in [5, 5.41) is 5.06. The molecule has 1 saturated carbocycles. The third-order valence-corrected chi connectivity index (χ3v) is 4.76. The highest BCUT2D eigenvalue weighted by atomic mass is 35.5. The molecule has 21 heavy (non-hydrogen) atoms. The van der Waals surface area contributed by atoms with Crippen LogP contribution < -0.4 is 5.32 Å². The van der Waals surface area contributed by atoms with Crippen molar-refractivity contribution in [3.8, 4) is 0 Å². The van der Waals surface area contributed by atoms with Crippen molar-refractivity contribution in [2.75, 3.05) is 0 Å². The van der Waals surface area contributed by atoms with Gasteiger partial charge in [0.05, 0.1) is 10.5 Å². The molecule has 0 spiro atoms. The highest BCUT2D eigenvalue weighted by Crippen LogP contribution is 2.28. The van der Waals surface area contributed by atoms with Crippen molar-refractivity contribution in [2.45, 2.75) is 38.6 Å². The number of fused-ring (bicyclic) bond motifs is 1. The van der Waals surface area contributed by atoms with Crippen molar-refractivity contribution >= 4 is 40.0 Å². The van der Waals surface area contributed by atoms with Crippen LogP contribution in [0.2, 0.25) is 10.0 Å². The molecular formula is C16H18Cl2N2O. The van der Waals surface area contributed by atoms with Crippen molar-refractivity contribution in [2.24, 2.45) is 5.92 Å². The van der Waals surface area contributed by atoms with Gasteiger partial charge in [-0.3, -0.25) is 4.79 Å². The van der Waals surface area contributed by atoms with E-state index in [0.29, 0.717) is 15.7 Å². The second kappa shape index (κ2) is 5.90. The smallest absolute Gasteiger partial charge is 0.267 e. The van der Waals surface area contributed by atoms with E-state index in [9.17, 15) is 4.79 Å². The summed E-state index contributed by atoms with van der Waals surface area (Å²) in [7, 11) is 0. The van der Waals surface area contributed by atoms with Crippen LogP contribution in [0.4, 0.5) is 0 Å². The molecule has 0 aliphatic heterocycles. The summed E-state index contributed by atoms with van der Waals surface area (Å²) < 4.78 is 0. The fourth-order valence-electron chi connectivity index (χ4n) is 2.96. The molecule has 2 N–H and O–H groups in total. The number of aromatic amines is 1. The summed E-state index contributed by atoms with van der Waals surface area (Å²) in [6.07, 6.45) is 4.47. The lowest BCUT2D eigenvalue weighted by molar-refractivity contribution is 0.0919. The fourth-order valence-corrected chi connectivity index (χ4v) is 3.51. The highest BCUT2D eigenvalue weighted by molar-refractivity contribution is 6.38. The average molecular weight is 325 g/mol. The summed E-state index contributed by atoms with van der Waals surface area (Å²) in [5.74, 6) is 0.699. The molecular weight excluding hydrogens is 307 g/mol. The molecule has 112 valence electrons. The number of nitrogens with one attached hydrogen (secondary N) is 2. The maximum atomic E-state index is 12.3. The van der Waals surface area contributed by atoms with E-state index in [1.54, 1.807) is 18.2 Å². The van der Waals surface area contributed by atoms with Crippen LogP contribution in [-0.2, 0) is 0 Å². The van der Waals surface area contributed by atoms with Crippen LogP contribution in [0, 0.1) is 5.92 Å².